The lowest BCUT2D eigenvalue weighted by molar-refractivity contribution is 0.0948. The first kappa shape index (κ1) is 19.0. The molecule has 0 bridgehead atoms. The van der Waals surface area contributed by atoms with Crippen LogP contribution in [0.3, 0.4) is 0 Å². The van der Waals surface area contributed by atoms with Gasteiger partial charge in [-0.3, -0.25) is 9.59 Å². The molecule has 1 aliphatic heterocycles. The van der Waals surface area contributed by atoms with Crippen molar-refractivity contribution in [1.82, 2.24) is 5.32 Å². The number of fused-ring (bicyclic) bond motifs is 2. The molecule has 0 aliphatic carbocycles. The molecule has 0 saturated carbocycles. The summed E-state index contributed by atoms with van der Waals surface area (Å²) < 4.78 is 26.0. The largest absolute Gasteiger partial charge is 0.348 e. The van der Waals surface area contributed by atoms with Crippen molar-refractivity contribution in [3.8, 4) is 0 Å². The van der Waals surface area contributed by atoms with Crippen LogP contribution in [0.25, 0.3) is 0 Å². The van der Waals surface area contributed by atoms with Crippen molar-refractivity contribution in [3.05, 3.63) is 89.2 Å². The van der Waals surface area contributed by atoms with Crippen LogP contribution in [0, 0.1) is 5.82 Å². The summed E-state index contributed by atoms with van der Waals surface area (Å²) in [6, 6.07) is 17.4. The van der Waals surface area contributed by atoms with Crippen LogP contribution in [0.15, 0.2) is 76.5 Å². The van der Waals surface area contributed by atoms with Crippen LogP contribution in [-0.4, -0.2) is 23.1 Å². The third-order valence-corrected chi connectivity index (χ3v) is 6.27. The lowest BCUT2D eigenvalue weighted by Gasteiger charge is -2.18. The number of rotatable bonds is 3. The van der Waals surface area contributed by atoms with E-state index in [0.29, 0.717) is 26.6 Å². The second-order valence-corrected chi connectivity index (χ2v) is 8.04. The maximum absolute atomic E-state index is 13.0. The predicted molar refractivity (Wildman–Crippen MR) is 108 cm³/mol. The maximum atomic E-state index is 13.0. The van der Waals surface area contributed by atoms with Crippen LogP contribution in [0.4, 0.5) is 10.1 Å². The Balaban J connectivity index is 1.63. The van der Waals surface area contributed by atoms with Crippen molar-refractivity contribution in [3.63, 3.8) is 0 Å². The van der Waals surface area contributed by atoms with Gasteiger partial charge in [0.25, 0.3) is 11.8 Å². The average Bonchev–Trinajstić information content (AvgIpc) is 2.83. The van der Waals surface area contributed by atoms with Gasteiger partial charge in [-0.15, -0.1) is 0 Å². The van der Waals surface area contributed by atoms with Gasteiger partial charge in [0.15, 0.2) is 0 Å². The zero-order valence-corrected chi connectivity index (χ0v) is 16.3. The second-order valence-electron chi connectivity index (χ2n) is 6.62. The Hall–Kier alpha value is -3.32. The molecule has 0 saturated heterocycles. The molecule has 2 amide bonds. The van der Waals surface area contributed by atoms with Gasteiger partial charge in [0.1, 0.15) is 5.82 Å². The Morgan fingerprint density at radius 3 is 2.52 bits per heavy atom. The summed E-state index contributed by atoms with van der Waals surface area (Å²) in [5.41, 5.74) is 1.91. The Morgan fingerprint density at radius 2 is 1.76 bits per heavy atom. The number of carbonyl (C=O) groups is 2. The van der Waals surface area contributed by atoms with Crippen LogP contribution < -0.4 is 10.2 Å². The zero-order chi connectivity index (χ0) is 20.5. The van der Waals surface area contributed by atoms with Gasteiger partial charge >= 0.3 is 0 Å². The summed E-state index contributed by atoms with van der Waals surface area (Å²) in [7, 11) is 0.0621. The van der Waals surface area contributed by atoms with Gasteiger partial charge in [0.2, 0.25) is 0 Å². The molecule has 1 aliphatic rings. The molecular weight excluding hydrogens is 391 g/mol. The molecule has 1 N–H and O–H groups in total. The summed E-state index contributed by atoms with van der Waals surface area (Å²) in [6.07, 6.45) is 0. The van der Waals surface area contributed by atoms with E-state index in [0.717, 1.165) is 5.56 Å². The average molecular weight is 408 g/mol. The SMILES string of the molecule is CN1C(=O)c2ccccc2S(=O)c2ccc(C(=O)NCc3ccc(F)cc3)cc21. The van der Waals surface area contributed by atoms with Crippen molar-refractivity contribution in [2.24, 2.45) is 0 Å². The van der Waals surface area contributed by atoms with Gasteiger partial charge < -0.3 is 10.2 Å². The summed E-state index contributed by atoms with van der Waals surface area (Å²) in [6.45, 7) is 0.238. The van der Waals surface area contributed by atoms with E-state index in [1.54, 1.807) is 61.6 Å². The number of hydrogen-bond acceptors (Lipinski definition) is 3. The normalized spacial score (nSPS) is 15.3. The van der Waals surface area contributed by atoms with Gasteiger partial charge in [-0.25, -0.2) is 8.60 Å². The van der Waals surface area contributed by atoms with Gasteiger partial charge in [0, 0.05) is 19.2 Å². The van der Waals surface area contributed by atoms with E-state index in [-0.39, 0.29) is 24.2 Å². The predicted octanol–water partition coefficient (Wildman–Crippen LogP) is 3.51. The van der Waals surface area contributed by atoms with E-state index >= 15 is 0 Å². The molecule has 1 unspecified atom stereocenters. The minimum atomic E-state index is -1.54. The molecule has 5 nitrogen and oxygen atoms in total. The van der Waals surface area contributed by atoms with Crippen LogP contribution >= 0.6 is 0 Å². The Kier molecular flexibility index (Phi) is 4.98. The third-order valence-electron chi connectivity index (χ3n) is 4.77. The standard InChI is InChI=1S/C22H17FN2O3S/c1-25-18-12-15(21(26)24-13-14-6-9-16(23)10-7-14)8-11-20(18)29(28)19-5-3-2-4-17(19)22(25)27/h2-12H,13H2,1H3,(H,24,26). The summed E-state index contributed by atoms with van der Waals surface area (Å²) >= 11 is 0. The molecule has 3 aromatic carbocycles. The van der Waals surface area contributed by atoms with Crippen molar-refractivity contribution >= 4 is 28.3 Å². The highest BCUT2D eigenvalue weighted by molar-refractivity contribution is 7.85. The number of amides is 2. The monoisotopic (exact) mass is 408 g/mol. The molecule has 1 atom stereocenters. The Bertz CT molecular complexity index is 1150. The molecule has 146 valence electrons. The van der Waals surface area contributed by atoms with Crippen LogP contribution in [0.5, 0.6) is 0 Å². The molecule has 4 rings (SSSR count). The van der Waals surface area contributed by atoms with Gasteiger partial charge in [0.05, 0.1) is 31.8 Å². The fourth-order valence-electron chi connectivity index (χ4n) is 3.18. The molecule has 3 aromatic rings. The van der Waals surface area contributed by atoms with Crippen molar-refractivity contribution < 1.29 is 18.2 Å². The number of nitrogens with zero attached hydrogens (tertiary/aromatic N) is 1. The zero-order valence-electron chi connectivity index (χ0n) is 15.5. The highest BCUT2D eigenvalue weighted by atomic mass is 32.2. The number of hydrogen-bond donors (Lipinski definition) is 1. The van der Waals surface area contributed by atoms with Gasteiger partial charge in [-0.05, 0) is 48.0 Å². The number of anilines is 1. The summed E-state index contributed by atoms with van der Waals surface area (Å²) in [5.74, 6) is -0.963. The maximum Gasteiger partial charge on any atom is 0.259 e. The lowest BCUT2D eigenvalue weighted by atomic mass is 10.1. The minimum Gasteiger partial charge on any atom is -0.348 e. The molecule has 0 fully saturated rings. The Labute approximate surface area is 169 Å². The van der Waals surface area contributed by atoms with Crippen molar-refractivity contribution in [2.45, 2.75) is 16.3 Å². The van der Waals surface area contributed by atoms with Gasteiger partial charge in [-0.2, -0.15) is 0 Å². The molecule has 7 heteroatoms. The Morgan fingerprint density at radius 1 is 1.03 bits per heavy atom. The fourth-order valence-corrected chi connectivity index (χ4v) is 4.55. The fraction of sp³-hybridized carbons (Fsp3) is 0.0909. The smallest absolute Gasteiger partial charge is 0.259 e. The van der Waals surface area contributed by atoms with Crippen LogP contribution in [0.1, 0.15) is 26.3 Å². The number of benzene rings is 3. The van der Waals surface area contributed by atoms with E-state index in [1.165, 1.54) is 17.0 Å². The van der Waals surface area contributed by atoms with E-state index < -0.39 is 10.8 Å². The molecule has 0 radical (unpaired) electrons. The lowest BCUT2D eigenvalue weighted by Crippen LogP contribution is -2.27. The van der Waals surface area contributed by atoms with Crippen molar-refractivity contribution in [2.75, 3.05) is 11.9 Å². The van der Waals surface area contributed by atoms with E-state index in [9.17, 15) is 18.2 Å². The summed E-state index contributed by atoms with van der Waals surface area (Å²) in [4.78, 5) is 27.7. The first-order chi connectivity index (χ1) is 14.0. The van der Waals surface area contributed by atoms with E-state index in [4.69, 9.17) is 0 Å². The molecule has 0 aromatic heterocycles. The minimum absolute atomic E-state index is 0.238. The van der Waals surface area contributed by atoms with Crippen molar-refractivity contribution in [1.29, 1.82) is 0 Å². The van der Waals surface area contributed by atoms with Gasteiger partial charge in [-0.1, -0.05) is 24.3 Å². The topological polar surface area (TPSA) is 66.5 Å². The number of halogens is 1. The number of carbonyl (C=O) groups excluding carboxylic acids is 2. The molecule has 29 heavy (non-hydrogen) atoms. The first-order valence-electron chi connectivity index (χ1n) is 8.91. The van der Waals surface area contributed by atoms with E-state index in [2.05, 4.69) is 5.32 Å². The van der Waals surface area contributed by atoms with Crippen LogP contribution in [-0.2, 0) is 17.3 Å². The third kappa shape index (κ3) is 3.56. The molecule has 1 heterocycles. The highest BCUT2D eigenvalue weighted by Gasteiger charge is 2.29. The number of nitrogens with one attached hydrogen (secondary N) is 1. The quantitative estimate of drug-likeness (QED) is 0.721. The molecular formula is C22H17FN2O3S. The summed E-state index contributed by atoms with van der Waals surface area (Å²) in [5, 5.41) is 2.77. The first-order valence-corrected chi connectivity index (χ1v) is 10.1. The highest BCUT2D eigenvalue weighted by Crippen LogP contribution is 2.34. The van der Waals surface area contributed by atoms with Crippen LogP contribution in [0.2, 0.25) is 0 Å². The molecule has 0 spiro atoms. The van der Waals surface area contributed by atoms with E-state index in [1.807, 2.05) is 0 Å². The second kappa shape index (κ2) is 7.60.